The summed E-state index contributed by atoms with van der Waals surface area (Å²) in [7, 11) is -3.69. The molecular weight excluding hydrogens is 562 g/mol. The summed E-state index contributed by atoms with van der Waals surface area (Å²) in [5, 5.41) is 7.84. The molecule has 3 aromatic carbocycles. The van der Waals surface area contributed by atoms with Crippen LogP contribution in [0.3, 0.4) is 0 Å². The lowest BCUT2D eigenvalue weighted by Gasteiger charge is -2.15. The number of halogens is 2. The molecular formula is C22H21Br2N3O4S. The molecule has 1 fully saturated rings. The smallest absolute Gasteiger partial charge is 0.410 e. The highest BCUT2D eigenvalue weighted by Crippen LogP contribution is 2.27. The second kappa shape index (κ2) is 9.88. The van der Waals surface area contributed by atoms with E-state index in [9.17, 15) is 13.2 Å². The van der Waals surface area contributed by atoms with Gasteiger partial charge in [-0.05, 0) is 52.0 Å². The quantitative estimate of drug-likeness (QED) is 0.405. The summed E-state index contributed by atoms with van der Waals surface area (Å²) >= 11 is 6.60. The maximum atomic E-state index is 12.8. The zero-order valence-corrected chi connectivity index (χ0v) is 20.8. The van der Waals surface area contributed by atoms with Gasteiger partial charge in [-0.15, -0.1) is 0 Å². The van der Waals surface area contributed by atoms with E-state index >= 15 is 0 Å². The second-order valence-electron chi connectivity index (χ2n) is 7.48. The Balaban J connectivity index is 1.30. The fraction of sp³-hybridized carbons (Fsp3) is 0.227. The highest BCUT2D eigenvalue weighted by Gasteiger charge is 2.29. The van der Waals surface area contributed by atoms with Gasteiger partial charge in [0.1, 0.15) is 5.75 Å². The maximum Gasteiger partial charge on any atom is 0.412 e. The lowest BCUT2D eigenvalue weighted by Crippen LogP contribution is -2.38. The first-order chi connectivity index (χ1) is 15.3. The summed E-state index contributed by atoms with van der Waals surface area (Å²) < 4.78 is 34.9. The van der Waals surface area contributed by atoms with Crippen LogP contribution in [0.15, 0.2) is 74.5 Å². The summed E-state index contributed by atoms with van der Waals surface area (Å²) in [6.07, 6.45) is -0.00962. The Bertz CT molecular complexity index is 1250. The van der Waals surface area contributed by atoms with Gasteiger partial charge in [0.15, 0.2) is 0 Å². The van der Waals surface area contributed by atoms with Crippen molar-refractivity contribution in [1.82, 2.24) is 15.4 Å². The van der Waals surface area contributed by atoms with Crippen molar-refractivity contribution < 1.29 is 17.9 Å². The van der Waals surface area contributed by atoms with Gasteiger partial charge >= 0.3 is 6.09 Å². The third kappa shape index (κ3) is 5.49. The average molecular weight is 583 g/mol. The van der Waals surface area contributed by atoms with Crippen molar-refractivity contribution in [3.05, 3.63) is 69.6 Å². The van der Waals surface area contributed by atoms with Crippen molar-refractivity contribution in [1.29, 1.82) is 0 Å². The van der Waals surface area contributed by atoms with Crippen LogP contribution in [-0.4, -0.2) is 39.7 Å². The molecule has 2 atom stereocenters. The van der Waals surface area contributed by atoms with Gasteiger partial charge in [0.25, 0.3) is 0 Å². The molecule has 0 unspecified atom stereocenters. The van der Waals surface area contributed by atoms with E-state index < -0.39 is 16.1 Å². The molecule has 1 saturated heterocycles. The molecule has 168 valence electrons. The maximum absolute atomic E-state index is 12.8. The Kier molecular flexibility index (Phi) is 7.16. The van der Waals surface area contributed by atoms with E-state index in [-0.39, 0.29) is 17.0 Å². The molecule has 0 aliphatic carbocycles. The molecule has 1 aliphatic rings. The van der Waals surface area contributed by atoms with Gasteiger partial charge in [-0.2, -0.15) is 0 Å². The molecule has 7 nitrogen and oxygen atoms in total. The third-order valence-electron chi connectivity index (χ3n) is 5.17. The Morgan fingerprint density at radius 2 is 1.88 bits per heavy atom. The minimum Gasteiger partial charge on any atom is -0.410 e. The van der Waals surface area contributed by atoms with Gasteiger partial charge in [-0.1, -0.05) is 52.3 Å². The van der Waals surface area contributed by atoms with Crippen LogP contribution in [-0.2, 0) is 10.0 Å². The first kappa shape index (κ1) is 23.2. The molecule has 0 saturated carbocycles. The van der Waals surface area contributed by atoms with Crippen LogP contribution in [0.5, 0.6) is 5.75 Å². The molecule has 4 rings (SSSR count). The molecule has 1 heterocycles. The SMILES string of the molecule is O=C(NC[C@H]1C[C@@H](NS(=O)(=O)c2cc(Br)ccc2Br)CN1)Oc1cccc2ccccc12. The zero-order chi connectivity index (χ0) is 22.7. The average Bonchev–Trinajstić information content (AvgIpc) is 3.21. The molecule has 0 aromatic heterocycles. The molecule has 1 amide bonds. The summed E-state index contributed by atoms with van der Waals surface area (Å²) in [6, 6.07) is 17.9. The Morgan fingerprint density at radius 1 is 1.09 bits per heavy atom. The topological polar surface area (TPSA) is 96.5 Å². The standard InChI is InChI=1S/C22H21Br2N3O4S/c23-15-8-9-19(24)21(10-15)32(29,30)27-17-11-16(25-13-17)12-26-22(28)31-20-7-3-5-14-4-1-2-6-18(14)20/h1-10,16-17,25,27H,11-13H2,(H,26,28)/t16-,17-/m1/s1. The highest BCUT2D eigenvalue weighted by atomic mass is 79.9. The van der Waals surface area contributed by atoms with E-state index in [0.29, 0.717) is 34.2 Å². The summed E-state index contributed by atoms with van der Waals surface area (Å²) in [5.74, 6) is 0.491. The van der Waals surface area contributed by atoms with Crippen LogP contribution in [0, 0.1) is 0 Å². The molecule has 10 heteroatoms. The summed E-state index contributed by atoms with van der Waals surface area (Å²) in [5.41, 5.74) is 0. The Hall–Kier alpha value is -1.98. The number of carbonyl (C=O) groups excluding carboxylic acids is 1. The van der Waals surface area contributed by atoms with Crippen molar-refractivity contribution in [2.75, 3.05) is 13.1 Å². The molecule has 3 N–H and O–H groups in total. The van der Waals surface area contributed by atoms with Gasteiger partial charge in [-0.25, -0.2) is 17.9 Å². The fourth-order valence-corrected chi connectivity index (χ4v) is 6.41. The van der Waals surface area contributed by atoms with Gasteiger partial charge in [0.05, 0.1) is 4.90 Å². The van der Waals surface area contributed by atoms with E-state index in [0.717, 1.165) is 10.8 Å². The van der Waals surface area contributed by atoms with Gasteiger partial charge in [0.2, 0.25) is 10.0 Å². The number of ether oxygens (including phenoxy) is 1. The third-order valence-corrected chi connectivity index (χ3v) is 8.18. The van der Waals surface area contributed by atoms with Crippen LogP contribution < -0.4 is 20.1 Å². The number of amides is 1. The van der Waals surface area contributed by atoms with Crippen molar-refractivity contribution in [3.63, 3.8) is 0 Å². The van der Waals surface area contributed by atoms with E-state index in [1.54, 1.807) is 24.3 Å². The lowest BCUT2D eigenvalue weighted by atomic mass is 10.1. The van der Waals surface area contributed by atoms with Crippen LogP contribution in [0.1, 0.15) is 6.42 Å². The molecule has 0 bridgehead atoms. The van der Waals surface area contributed by atoms with E-state index in [1.165, 1.54) is 0 Å². The number of fused-ring (bicyclic) bond motifs is 1. The Morgan fingerprint density at radius 3 is 2.72 bits per heavy atom. The molecule has 0 radical (unpaired) electrons. The number of nitrogens with one attached hydrogen (secondary N) is 3. The molecule has 3 aromatic rings. The monoisotopic (exact) mass is 581 g/mol. The van der Waals surface area contributed by atoms with Crippen molar-refractivity contribution in [2.45, 2.75) is 23.4 Å². The lowest BCUT2D eigenvalue weighted by molar-refractivity contribution is 0.200. The van der Waals surface area contributed by atoms with Gasteiger partial charge in [0, 0.05) is 39.5 Å². The van der Waals surface area contributed by atoms with Crippen LogP contribution >= 0.6 is 31.9 Å². The molecule has 32 heavy (non-hydrogen) atoms. The first-order valence-corrected chi connectivity index (χ1v) is 13.0. The normalized spacial score (nSPS) is 18.6. The predicted octanol–water partition coefficient (Wildman–Crippen LogP) is 4.16. The second-order valence-corrected chi connectivity index (χ2v) is 10.9. The Labute approximate surface area is 203 Å². The number of hydrogen-bond donors (Lipinski definition) is 3. The van der Waals surface area contributed by atoms with Gasteiger partial charge in [-0.3, -0.25) is 0 Å². The highest BCUT2D eigenvalue weighted by molar-refractivity contribution is 9.11. The molecule has 0 spiro atoms. The number of rotatable bonds is 6. The predicted molar refractivity (Wildman–Crippen MR) is 130 cm³/mol. The number of hydrogen-bond acceptors (Lipinski definition) is 5. The number of carbonyl (C=O) groups is 1. The largest absolute Gasteiger partial charge is 0.412 e. The minimum absolute atomic E-state index is 0.0753. The number of sulfonamides is 1. The number of benzene rings is 3. The van der Waals surface area contributed by atoms with E-state index in [4.69, 9.17) is 4.74 Å². The van der Waals surface area contributed by atoms with Crippen LogP contribution in [0.25, 0.3) is 10.8 Å². The molecule has 1 aliphatic heterocycles. The summed E-state index contributed by atoms with van der Waals surface area (Å²) in [6.45, 7) is 0.790. The summed E-state index contributed by atoms with van der Waals surface area (Å²) in [4.78, 5) is 12.5. The van der Waals surface area contributed by atoms with Crippen molar-refractivity contribution >= 4 is 58.7 Å². The van der Waals surface area contributed by atoms with Crippen molar-refractivity contribution in [3.8, 4) is 5.75 Å². The zero-order valence-electron chi connectivity index (χ0n) is 16.8. The first-order valence-electron chi connectivity index (χ1n) is 9.96. The van der Waals surface area contributed by atoms with Gasteiger partial charge < -0.3 is 15.4 Å². The van der Waals surface area contributed by atoms with Crippen LogP contribution in [0.2, 0.25) is 0 Å². The minimum atomic E-state index is -3.69. The van der Waals surface area contributed by atoms with Crippen LogP contribution in [0.4, 0.5) is 4.79 Å². The fourth-order valence-electron chi connectivity index (χ4n) is 3.66. The van der Waals surface area contributed by atoms with Crippen molar-refractivity contribution in [2.24, 2.45) is 0 Å². The van der Waals surface area contributed by atoms with E-state index in [1.807, 2.05) is 36.4 Å². The van der Waals surface area contributed by atoms with E-state index in [2.05, 4.69) is 47.2 Å².